The number of carboxylic acids is 1. The summed E-state index contributed by atoms with van der Waals surface area (Å²) in [7, 11) is -2.28. The van der Waals surface area contributed by atoms with Gasteiger partial charge in [-0.05, 0) is 6.92 Å². The van der Waals surface area contributed by atoms with Gasteiger partial charge in [-0.25, -0.2) is 14.5 Å². The number of nitrogens with zero attached hydrogens (tertiary/aromatic N) is 1. The smallest absolute Gasteiger partial charge is 0.355 e. The van der Waals surface area contributed by atoms with E-state index < -0.39 is 22.2 Å². The van der Waals surface area contributed by atoms with Crippen molar-refractivity contribution in [2.45, 2.75) is 13.0 Å². The molecule has 9 heteroatoms. The molecule has 16 heavy (non-hydrogen) atoms. The van der Waals surface area contributed by atoms with E-state index in [9.17, 15) is 13.2 Å². The zero-order valence-corrected chi connectivity index (χ0v) is 10.2. The largest absolute Gasteiger partial charge is 0.476 e. The van der Waals surface area contributed by atoms with Gasteiger partial charge in [-0.15, -0.1) is 11.3 Å². The van der Waals surface area contributed by atoms with E-state index in [4.69, 9.17) is 5.11 Å². The van der Waals surface area contributed by atoms with E-state index in [2.05, 4.69) is 14.4 Å². The summed E-state index contributed by atoms with van der Waals surface area (Å²) in [6.45, 7) is 1.58. The van der Waals surface area contributed by atoms with E-state index in [1.165, 1.54) is 12.4 Å². The van der Waals surface area contributed by atoms with Gasteiger partial charge in [0, 0.05) is 12.4 Å². The van der Waals surface area contributed by atoms with Crippen LogP contribution in [0.2, 0.25) is 0 Å². The fourth-order valence-electron chi connectivity index (χ4n) is 0.927. The van der Waals surface area contributed by atoms with Crippen molar-refractivity contribution in [1.29, 1.82) is 0 Å². The maximum absolute atomic E-state index is 11.2. The van der Waals surface area contributed by atoms with E-state index >= 15 is 0 Å². The lowest BCUT2D eigenvalue weighted by atomic mass is 10.4. The number of carboxylic acid groups (broad SMARTS) is 1. The maximum atomic E-state index is 11.2. The summed E-state index contributed by atoms with van der Waals surface area (Å²) in [6.07, 6.45) is 0. The molecule has 0 amide bonds. The lowest BCUT2D eigenvalue weighted by molar-refractivity contribution is 0.0691. The maximum Gasteiger partial charge on any atom is 0.355 e. The van der Waals surface area contributed by atoms with Crippen LogP contribution >= 0.6 is 11.3 Å². The molecule has 0 aromatic carbocycles. The second kappa shape index (κ2) is 4.87. The molecule has 0 saturated heterocycles. The highest BCUT2D eigenvalue weighted by Crippen LogP contribution is 2.18. The van der Waals surface area contributed by atoms with Crippen molar-refractivity contribution < 1.29 is 18.3 Å². The average molecular weight is 265 g/mol. The Balaban J connectivity index is 2.81. The molecule has 0 saturated carbocycles. The summed E-state index contributed by atoms with van der Waals surface area (Å²) in [5.74, 6) is -1.13. The summed E-state index contributed by atoms with van der Waals surface area (Å²) in [4.78, 5) is 14.4. The number of rotatable bonds is 5. The molecule has 3 N–H and O–H groups in total. The van der Waals surface area contributed by atoms with Crippen LogP contribution < -0.4 is 9.44 Å². The Morgan fingerprint density at radius 3 is 2.69 bits per heavy atom. The molecule has 1 unspecified atom stereocenters. The van der Waals surface area contributed by atoms with Crippen LogP contribution in [0.4, 0.5) is 0 Å². The zero-order chi connectivity index (χ0) is 12.3. The van der Waals surface area contributed by atoms with Crippen molar-refractivity contribution >= 4 is 27.5 Å². The summed E-state index contributed by atoms with van der Waals surface area (Å²) >= 11 is 1.09. The van der Waals surface area contributed by atoms with Gasteiger partial charge < -0.3 is 5.11 Å². The predicted molar refractivity (Wildman–Crippen MR) is 58.6 cm³/mol. The minimum absolute atomic E-state index is 0.0875. The first-order chi connectivity index (χ1) is 7.35. The number of thiazole rings is 1. The highest BCUT2D eigenvalue weighted by Gasteiger charge is 2.18. The van der Waals surface area contributed by atoms with Gasteiger partial charge in [0.25, 0.3) is 10.2 Å². The molecule has 0 spiro atoms. The normalized spacial score (nSPS) is 13.6. The summed E-state index contributed by atoms with van der Waals surface area (Å²) in [5, 5.41) is 10.4. The molecule has 0 bridgehead atoms. The SMILES string of the molecule is CNS(=O)(=O)NC(C)c1nc(C(=O)O)cs1. The van der Waals surface area contributed by atoms with E-state index in [1.807, 2.05) is 0 Å². The molecule has 1 aromatic heterocycles. The van der Waals surface area contributed by atoms with Gasteiger partial charge in [0.1, 0.15) is 5.01 Å². The van der Waals surface area contributed by atoms with Crippen LogP contribution in [0.1, 0.15) is 28.5 Å². The standard InChI is InChI=1S/C7H11N3O4S2/c1-4(10-16(13,14)8-2)6-9-5(3-15-6)7(11)12/h3-4,8,10H,1-2H3,(H,11,12). The van der Waals surface area contributed by atoms with Gasteiger partial charge >= 0.3 is 5.97 Å². The van der Waals surface area contributed by atoms with Crippen LogP contribution in [0, 0.1) is 0 Å². The number of nitrogens with one attached hydrogen (secondary N) is 2. The van der Waals surface area contributed by atoms with Gasteiger partial charge in [0.05, 0.1) is 6.04 Å². The van der Waals surface area contributed by atoms with Crippen molar-refractivity contribution in [3.63, 3.8) is 0 Å². The van der Waals surface area contributed by atoms with Crippen LogP contribution in [0.3, 0.4) is 0 Å². The third kappa shape index (κ3) is 3.23. The number of aromatic nitrogens is 1. The Morgan fingerprint density at radius 1 is 1.62 bits per heavy atom. The fraction of sp³-hybridized carbons (Fsp3) is 0.429. The molecule has 0 aliphatic rings. The molecule has 1 rings (SSSR count). The Hall–Kier alpha value is -1.03. The Kier molecular flexibility index (Phi) is 3.97. The van der Waals surface area contributed by atoms with Crippen LogP contribution in [-0.2, 0) is 10.2 Å². The molecule has 0 fully saturated rings. The lowest BCUT2D eigenvalue weighted by Crippen LogP contribution is -2.35. The molecule has 0 radical (unpaired) electrons. The van der Waals surface area contributed by atoms with Crippen molar-refractivity contribution in [3.8, 4) is 0 Å². The predicted octanol–water partition coefficient (Wildman–Crippen LogP) is -0.0439. The van der Waals surface area contributed by atoms with E-state index in [0.717, 1.165) is 11.3 Å². The Labute approximate surface area is 96.7 Å². The molecular formula is C7H11N3O4S2. The highest BCUT2D eigenvalue weighted by atomic mass is 32.2. The zero-order valence-electron chi connectivity index (χ0n) is 8.59. The van der Waals surface area contributed by atoms with Gasteiger partial charge in [-0.1, -0.05) is 0 Å². The van der Waals surface area contributed by atoms with Crippen molar-refractivity contribution in [2.24, 2.45) is 0 Å². The average Bonchev–Trinajstić information content (AvgIpc) is 2.66. The number of carbonyl (C=O) groups is 1. The Bertz CT molecular complexity index is 482. The van der Waals surface area contributed by atoms with Crippen LogP contribution in [-0.4, -0.2) is 31.5 Å². The summed E-state index contributed by atoms with van der Waals surface area (Å²) < 4.78 is 26.7. The van der Waals surface area contributed by atoms with Crippen LogP contribution in [0.5, 0.6) is 0 Å². The first-order valence-electron chi connectivity index (χ1n) is 4.25. The van der Waals surface area contributed by atoms with E-state index in [1.54, 1.807) is 6.92 Å². The molecular weight excluding hydrogens is 254 g/mol. The van der Waals surface area contributed by atoms with E-state index in [-0.39, 0.29) is 5.69 Å². The fourth-order valence-corrected chi connectivity index (χ4v) is 2.50. The molecule has 0 aliphatic carbocycles. The quantitative estimate of drug-likeness (QED) is 0.692. The third-order valence-corrected chi connectivity index (χ3v) is 3.94. The monoisotopic (exact) mass is 265 g/mol. The topological polar surface area (TPSA) is 108 Å². The minimum Gasteiger partial charge on any atom is -0.476 e. The van der Waals surface area contributed by atoms with Gasteiger partial charge in [0.15, 0.2) is 5.69 Å². The number of hydrogen-bond acceptors (Lipinski definition) is 5. The van der Waals surface area contributed by atoms with Crippen molar-refractivity contribution in [1.82, 2.24) is 14.4 Å². The first kappa shape index (κ1) is 13.0. The van der Waals surface area contributed by atoms with Crippen LogP contribution in [0.15, 0.2) is 5.38 Å². The van der Waals surface area contributed by atoms with Gasteiger partial charge in [0.2, 0.25) is 0 Å². The molecule has 1 heterocycles. The molecule has 1 atom stereocenters. The second-order valence-electron chi connectivity index (χ2n) is 2.92. The van der Waals surface area contributed by atoms with Gasteiger partial charge in [-0.3, -0.25) is 0 Å². The number of aromatic carboxylic acids is 1. The second-order valence-corrected chi connectivity index (χ2v) is 5.46. The van der Waals surface area contributed by atoms with Gasteiger partial charge in [-0.2, -0.15) is 13.1 Å². The van der Waals surface area contributed by atoms with Crippen molar-refractivity contribution in [3.05, 3.63) is 16.1 Å². The number of hydrogen-bond donors (Lipinski definition) is 3. The molecule has 1 aromatic rings. The third-order valence-electron chi connectivity index (χ3n) is 1.71. The molecule has 0 aliphatic heterocycles. The highest BCUT2D eigenvalue weighted by molar-refractivity contribution is 7.87. The van der Waals surface area contributed by atoms with E-state index in [0.29, 0.717) is 5.01 Å². The summed E-state index contributed by atoms with van der Waals surface area (Å²) in [5.41, 5.74) is -0.0875. The molecule has 7 nitrogen and oxygen atoms in total. The summed E-state index contributed by atoms with van der Waals surface area (Å²) in [6, 6.07) is -0.574. The lowest BCUT2D eigenvalue weighted by Gasteiger charge is -2.10. The first-order valence-corrected chi connectivity index (χ1v) is 6.61. The molecule has 90 valence electrons. The van der Waals surface area contributed by atoms with Crippen molar-refractivity contribution in [2.75, 3.05) is 7.05 Å². The van der Waals surface area contributed by atoms with Crippen LogP contribution in [0.25, 0.3) is 0 Å². The minimum atomic E-state index is -3.56. The Morgan fingerprint density at radius 2 is 2.25 bits per heavy atom.